The Morgan fingerprint density at radius 1 is 1.03 bits per heavy atom. The van der Waals surface area contributed by atoms with Crippen molar-refractivity contribution in [3.05, 3.63) is 83.4 Å². The first kappa shape index (κ1) is 26.3. The van der Waals surface area contributed by atoms with Crippen LogP contribution in [0.2, 0.25) is 0 Å². The molecular formula is C28H29N3O7. The summed E-state index contributed by atoms with van der Waals surface area (Å²) in [5.74, 6) is 2.11. The van der Waals surface area contributed by atoms with Crippen molar-refractivity contribution in [1.29, 1.82) is 0 Å². The molecule has 2 amide bonds. The van der Waals surface area contributed by atoms with E-state index in [-0.39, 0.29) is 25.7 Å². The molecule has 38 heavy (non-hydrogen) atoms. The first-order valence-corrected chi connectivity index (χ1v) is 12.0. The maximum atomic E-state index is 12.5. The van der Waals surface area contributed by atoms with Gasteiger partial charge in [-0.25, -0.2) is 10.2 Å². The summed E-state index contributed by atoms with van der Waals surface area (Å²) in [6, 6.07) is 19.6. The van der Waals surface area contributed by atoms with Crippen molar-refractivity contribution in [2.24, 2.45) is 5.10 Å². The molecule has 4 rings (SSSR count). The Labute approximate surface area is 220 Å². The molecule has 10 nitrogen and oxygen atoms in total. The minimum atomic E-state index is -0.592. The van der Waals surface area contributed by atoms with Gasteiger partial charge in [-0.3, -0.25) is 4.79 Å². The van der Waals surface area contributed by atoms with Crippen molar-refractivity contribution < 1.29 is 33.3 Å². The predicted molar refractivity (Wildman–Crippen MR) is 140 cm³/mol. The minimum Gasteiger partial charge on any atom is -0.493 e. The summed E-state index contributed by atoms with van der Waals surface area (Å²) >= 11 is 0. The van der Waals surface area contributed by atoms with Crippen LogP contribution in [0.15, 0.2) is 71.8 Å². The summed E-state index contributed by atoms with van der Waals surface area (Å²) in [5.41, 5.74) is 4.90. The SMILES string of the molecule is CCOC(=O)N[C@H](CC(=O)N/N=C\c1ccc(OCc2ccc3c(c2)OCO3)c(OC)c1)c1ccccc1. The maximum Gasteiger partial charge on any atom is 0.407 e. The number of carbonyl (C=O) groups excluding carboxylic acids is 2. The Kier molecular flexibility index (Phi) is 9.01. The number of amides is 2. The van der Waals surface area contributed by atoms with Crippen LogP contribution in [0.5, 0.6) is 23.0 Å². The van der Waals surface area contributed by atoms with Gasteiger partial charge in [0.1, 0.15) is 6.61 Å². The average Bonchev–Trinajstić information content (AvgIpc) is 3.40. The van der Waals surface area contributed by atoms with Crippen LogP contribution in [0.4, 0.5) is 4.79 Å². The second-order valence-electron chi connectivity index (χ2n) is 8.21. The molecule has 1 atom stereocenters. The molecule has 10 heteroatoms. The van der Waals surface area contributed by atoms with E-state index in [4.69, 9.17) is 23.7 Å². The van der Waals surface area contributed by atoms with E-state index >= 15 is 0 Å². The molecule has 0 spiro atoms. The number of hydrogen-bond donors (Lipinski definition) is 2. The molecule has 0 fully saturated rings. The van der Waals surface area contributed by atoms with E-state index in [1.54, 1.807) is 32.2 Å². The summed E-state index contributed by atoms with van der Waals surface area (Å²) in [4.78, 5) is 24.5. The molecule has 0 bridgehead atoms. The fraction of sp³-hybridized carbons (Fsp3) is 0.250. The molecule has 0 saturated carbocycles. The van der Waals surface area contributed by atoms with Crippen molar-refractivity contribution in [2.75, 3.05) is 20.5 Å². The van der Waals surface area contributed by atoms with Gasteiger partial charge in [0.25, 0.3) is 0 Å². The van der Waals surface area contributed by atoms with Gasteiger partial charge in [0.15, 0.2) is 23.0 Å². The van der Waals surface area contributed by atoms with Crippen molar-refractivity contribution in [3.8, 4) is 23.0 Å². The third kappa shape index (κ3) is 7.16. The molecule has 0 radical (unpaired) electrons. The van der Waals surface area contributed by atoms with Crippen molar-refractivity contribution >= 4 is 18.2 Å². The van der Waals surface area contributed by atoms with Gasteiger partial charge in [-0.2, -0.15) is 5.10 Å². The Morgan fingerprint density at radius 3 is 2.63 bits per heavy atom. The molecule has 0 aliphatic carbocycles. The summed E-state index contributed by atoms with van der Waals surface area (Å²) in [6.45, 7) is 2.48. The molecule has 3 aromatic carbocycles. The third-order valence-electron chi connectivity index (χ3n) is 5.58. The van der Waals surface area contributed by atoms with Crippen LogP contribution in [0.3, 0.4) is 0 Å². The lowest BCUT2D eigenvalue weighted by molar-refractivity contribution is -0.121. The fourth-order valence-corrected chi connectivity index (χ4v) is 3.74. The molecule has 1 aliphatic rings. The van der Waals surface area contributed by atoms with E-state index in [1.807, 2.05) is 48.5 Å². The van der Waals surface area contributed by atoms with E-state index in [0.717, 1.165) is 11.1 Å². The molecule has 198 valence electrons. The zero-order valence-corrected chi connectivity index (χ0v) is 21.1. The number of alkyl carbamates (subject to hydrolysis) is 1. The lowest BCUT2D eigenvalue weighted by Gasteiger charge is -2.18. The molecule has 3 aromatic rings. The summed E-state index contributed by atoms with van der Waals surface area (Å²) < 4.78 is 27.1. The normalized spacial score (nSPS) is 12.6. The lowest BCUT2D eigenvalue weighted by Crippen LogP contribution is -2.33. The van der Waals surface area contributed by atoms with Crippen molar-refractivity contribution in [3.63, 3.8) is 0 Å². The number of carbonyl (C=O) groups is 2. The zero-order chi connectivity index (χ0) is 26.7. The molecule has 1 heterocycles. The first-order valence-electron chi connectivity index (χ1n) is 12.0. The van der Waals surface area contributed by atoms with Crippen LogP contribution < -0.4 is 29.7 Å². The smallest absolute Gasteiger partial charge is 0.407 e. The number of hydrogen-bond acceptors (Lipinski definition) is 8. The highest BCUT2D eigenvalue weighted by atomic mass is 16.7. The van der Waals surface area contributed by atoms with E-state index in [0.29, 0.717) is 35.2 Å². The zero-order valence-electron chi connectivity index (χ0n) is 21.1. The quantitative estimate of drug-likeness (QED) is 0.286. The number of ether oxygens (including phenoxy) is 5. The van der Waals surface area contributed by atoms with Gasteiger partial charge in [-0.05, 0) is 53.9 Å². The standard InChI is InChI=1S/C28H29N3O7/c1-3-35-28(33)30-22(21-7-5-4-6-8-21)15-27(32)31-29-16-19-9-11-23(25(13-19)34-2)36-17-20-10-12-24-26(14-20)38-18-37-24/h4-14,16,22H,3,15,17-18H2,1-2H3,(H,30,33)(H,31,32)/b29-16-/t22-/m1/s1. The van der Waals surface area contributed by atoms with Crippen LogP contribution in [-0.4, -0.2) is 38.7 Å². The number of hydrazone groups is 1. The number of nitrogens with zero attached hydrogens (tertiary/aromatic N) is 1. The third-order valence-corrected chi connectivity index (χ3v) is 5.58. The van der Waals surface area contributed by atoms with Crippen LogP contribution >= 0.6 is 0 Å². The number of nitrogens with one attached hydrogen (secondary N) is 2. The number of methoxy groups -OCH3 is 1. The first-order chi connectivity index (χ1) is 18.6. The molecule has 1 aliphatic heterocycles. The highest BCUT2D eigenvalue weighted by Crippen LogP contribution is 2.33. The average molecular weight is 520 g/mol. The lowest BCUT2D eigenvalue weighted by atomic mass is 10.0. The summed E-state index contributed by atoms with van der Waals surface area (Å²) in [5, 5.41) is 6.76. The van der Waals surface area contributed by atoms with Gasteiger partial charge in [0, 0.05) is 0 Å². The predicted octanol–water partition coefficient (Wildman–Crippen LogP) is 4.33. The van der Waals surface area contributed by atoms with Gasteiger partial charge < -0.3 is 29.0 Å². The maximum absolute atomic E-state index is 12.5. The van der Waals surface area contributed by atoms with Crippen LogP contribution in [0.25, 0.3) is 0 Å². The van der Waals surface area contributed by atoms with Gasteiger partial charge in [-0.15, -0.1) is 0 Å². The largest absolute Gasteiger partial charge is 0.493 e. The van der Waals surface area contributed by atoms with Crippen LogP contribution in [-0.2, 0) is 16.1 Å². The van der Waals surface area contributed by atoms with Crippen LogP contribution in [0, 0.1) is 0 Å². The Bertz CT molecular complexity index is 1280. The second kappa shape index (κ2) is 13.0. The number of fused-ring (bicyclic) bond motifs is 1. The fourth-order valence-electron chi connectivity index (χ4n) is 3.74. The summed E-state index contributed by atoms with van der Waals surface area (Å²) in [7, 11) is 1.55. The Hall–Kier alpha value is -4.73. The highest BCUT2D eigenvalue weighted by Gasteiger charge is 2.19. The van der Waals surface area contributed by atoms with E-state index in [1.165, 1.54) is 6.21 Å². The molecule has 0 saturated heterocycles. The van der Waals surface area contributed by atoms with E-state index in [2.05, 4.69) is 15.8 Å². The van der Waals surface area contributed by atoms with Gasteiger partial charge in [0.05, 0.1) is 32.4 Å². The molecule has 2 N–H and O–H groups in total. The van der Waals surface area contributed by atoms with Gasteiger partial charge in [0.2, 0.25) is 12.7 Å². The number of rotatable bonds is 11. The van der Waals surface area contributed by atoms with Crippen molar-refractivity contribution in [1.82, 2.24) is 10.7 Å². The second-order valence-corrected chi connectivity index (χ2v) is 8.21. The Morgan fingerprint density at radius 2 is 1.84 bits per heavy atom. The van der Waals surface area contributed by atoms with E-state index in [9.17, 15) is 9.59 Å². The molecule has 0 unspecified atom stereocenters. The van der Waals surface area contributed by atoms with Gasteiger partial charge in [-0.1, -0.05) is 36.4 Å². The number of benzene rings is 3. The molecular weight excluding hydrogens is 490 g/mol. The monoisotopic (exact) mass is 519 g/mol. The van der Waals surface area contributed by atoms with Gasteiger partial charge >= 0.3 is 6.09 Å². The van der Waals surface area contributed by atoms with E-state index < -0.39 is 12.1 Å². The minimum absolute atomic E-state index is 0.0177. The van der Waals surface area contributed by atoms with Crippen LogP contribution in [0.1, 0.15) is 36.1 Å². The summed E-state index contributed by atoms with van der Waals surface area (Å²) in [6.07, 6.45) is 0.889. The topological polar surface area (TPSA) is 117 Å². The van der Waals surface area contributed by atoms with Crippen molar-refractivity contribution in [2.45, 2.75) is 26.0 Å². The highest BCUT2D eigenvalue weighted by molar-refractivity contribution is 5.83. The Balaban J connectivity index is 1.33. The molecule has 0 aromatic heterocycles.